The van der Waals surface area contributed by atoms with Crippen LogP contribution in [0.15, 0.2) is 45.3 Å². The first kappa shape index (κ1) is 14.4. The number of aromatic nitrogens is 3. The summed E-state index contributed by atoms with van der Waals surface area (Å²) in [7, 11) is 1.41. The molecule has 0 aliphatic heterocycles. The van der Waals surface area contributed by atoms with Crippen molar-refractivity contribution in [3.8, 4) is 28.6 Å². The topological polar surface area (TPSA) is 74.2 Å². The van der Waals surface area contributed by atoms with Crippen LogP contribution in [0.2, 0.25) is 0 Å². The molecule has 4 aromatic rings. The lowest BCUT2D eigenvalue weighted by Crippen LogP contribution is -1.88. The molecule has 7 heteroatoms. The van der Waals surface area contributed by atoms with Crippen LogP contribution in [0.1, 0.15) is 5.89 Å². The first-order valence-corrected chi connectivity index (χ1v) is 7.19. The SMILES string of the molecule is COc1ccc(-c2nc(-c3ccc4oc(C)nc4c3)no2)cc1F. The number of fused-ring (bicyclic) bond motifs is 1. The van der Waals surface area contributed by atoms with E-state index in [-0.39, 0.29) is 11.6 Å². The summed E-state index contributed by atoms with van der Waals surface area (Å²) in [6.07, 6.45) is 0. The largest absolute Gasteiger partial charge is 0.494 e. The molecule has 24 heavy (non-hydrogen) atoms. The number of nitrogens with zero attached hydrogens (tertiary/aromatic N) is 3. The van der Waals surface area contributed by atoms with Crippen molar-refractivity contribution in [1.82, 2.24) is 15.1 Å². The standard InChI is InChI=1S/C17H12FN3O3/c1-9-19-13-8-10(3-6-15(13)23-9)16-20-17(24-21-16)11-4-5-14(22-2)12(18)7-11/h3-8H,1-2H3. The average molecular weight is 325 g/mol. The molecule has 0 atom stereocenters. The normalized spacial score (nSPS) is 11.1. The quantitative estimate of drug-likeness (QED) is 0.567. The molecule has 0 spiro atoms. The maximum Gasteiger partial charge on any atom is 0.258 e. The van der Waals surface area contributed by atoms with Gasteiger partial charge in [0, 0.05) is 18.1 Å². The van der Waals surface area contributed by atoms with Gasteiger partial charge in [-0.2, -0.15) is 4.98 Å². The van der Waals surface area contributed by atoms with Crippen LogP contribution in [0.3, 0.4) is 0 Å². The molecule has 0 aliphatic carbocycles. The van der Waals surface area contributed by atoms with Crippen molar-refractivity contribution in [1.29, 1.82) is 0 Å². The summed E-state index contributed by atoms with van der Waals surface area (Å²) in [5.74, 6) is 0.871. The van der Waals surface area contributed by atoms with E-state index >= 15 is 0 Å². The third-order valence-corrected chi connectivity index (χ3v) is 3.58. The Kier molecular flexibility index (Phi) is 3.26. The number of hydrogen-bond acceptors (Lipinski definition) is 6. The summed E-state index contributed by atoms with van der Waals surface area (Å²) in [6.45, 7) is 1.78. The van der Waals surface area contributed by atoms with Gasteiger partial charge in [-0.15, -0.1) is 0 Å². The van der Waals surface area contributed by atoms with Gasteiger partial charge in [-0.1, -0.05) is 5.16 Å². The molecule has 2 aromatic heterocycles. The smallest absolute Gasteiger partial charge is 0.258 e. The van der Waals surface area contributed by atoms with Gasteiger partial charge in [0.05, 0.1) is 7.11 Å². The van der Waals surface area contributed by atoms with E-state index in [1.54, 1.807) is 19.1 Å². The molecule has 2 heterocycles. The molecule has 4 rings (SSSR count). The molecule has 0 radical (unpaired) electrons. The molecule has 0 saturated carbocycles. The van der Waals surface area contributed by atoms with Crippen LogP contribution in [0.4, 0.5) is 4.39 Å². The second-order valence-corrected chi connectivity index (χ2v) is 5.19. The molecule has 120 valence electrons. The predicted octanol–water partition coefficient (Wildman–Crippen LogP) is 4.00. The number of hydrogen-bond donors (Lipinski definition) is 0. The molecule has 0 aliphatic rings. The van der Waals surface area contributed by atoms with E-state index in [0.717, 1.165) is 5.56 Å². The summed E-state index contributed by atoms with van der Waals surface area (Å²) >= 11 is 0. The van der Waals surface area contributed by atoms with Crippen molar-refractivity contribution < 1.29 is 18.1 Å². The highest BCUT2D eigenvalue weighted by Gasteiger charge is 2.14. The summed E-state index contributed by atoms with van der Waals surface area (Å²) in [5, 5.41) is 3.95. The summed E-state index contributed by atoms with van der Waals surface area (Å²) in [6, 6.07) is 9.89. The molecule has 6 nitrogen and oxygen atoms in total. The molecule has 0 amide bonds. The minimum absolute atomic E-state index is 0.158. The molecule has 0 unspecified atom stereocenters. The van der Waals surface area contributed by atoms with E-state index < -0.39 is 5.82 Å². The third-order valence-electron chi connectivity index (χ3n) is 3.58. The molecule has 0 bridgehead atoms. The summed E-state index contributed by atoms with van der Waals surface area (Å²) in [5.41, 5.74) is 2.62. The fourth-order valence-corrected chi connectivity index (χ4v) is 2.44. The Balaban J connectivity index is 1.71. The number of rotatable bonds is 3. The molecule has 0 fully saturated rings. The van der Waals surface area contributed by atoms with Gasteiger partial charge in [0.2, 0.25) is 5.82 Å². The van der Waals surface area contributed by atoms with Crippen molar-refractivity contribution in [2.45, 2.75) is 6.92 Å². The number of aryl methyl sites for hydroxylation is 1. The van der Waals surface area contributed by atoms with Crippen LogP contribution in [0.5, 0.6) is 5.75 Å². The lowest BCUT2D eigenvalue weighted by Gasteiger charge is -2.01. The van der Waals surface area contributed by atoms with Gasteiger partial charge in [-0.05, 0) is 36.4 Å². The number of oxazole rings is 1. The van der Waals surface area contributed by atoms with Gasteiger partial charge in [-0.25, -0.2) is 9.37 Å². The zero-order valence-electron chi connectivity index (χ0n) is 12.9. The zero-order chi connectivity index (χ0) is 16.7. The minimum Gasteiger partial charge on any atom is -0.494 e. The minimum atomic E-state index is -0.491. The van der Waals surface area contributed by atoms with Gasteiger partial charge in [-0.3, -0.25) is 0 Å². The number of methoxy groups -OCH3 is 1. The Morgan fingerprint density at radius 3 is 2.67 bits per heavy atom. The molecule has 0 saturated heterocycles. The first-order valence-electron chi connectivity index (χ1n) is 7.19. The van der Waals surface area contributed by atoms with Crippen LogP contribution >= 0.6 is 0 Å². The lowest BCUT2D eigenvalue weighted by molar-refractivity contribution is 0.386. The Labute approximate surface area is 135 Å². The Morgan fingerprint density at radius 1 is 1.04 bits per heavy atom. The van der Waals surface area contributed by atoms with Gasteiger partial charge >= 0.3 is 0 Å². The predicted molar refractivity (Wildman–Crippen MR) is 84.0 cm³/mol. The van der Waals surface area contributed by atoms with Crippen molar-refractivity contribution in [3.05, 3.63) is 48.1 Å². The summed E-state index contributed by atoms with van der Waals surface area (Å²) in [4.78, 5) is 8.60. The van der Waals surface area contributed by atoms with Crippen molar-refractivity contribution in [2.75, 3.05) is 7.11 Å². The monoisotopic (exact) mass is 325 g/mol. The van der Waals surface area contributed by atoms with Gasteiger partial charge in [0.1, 0.15) is 5.52 Å². The maximum absolute atomic E-state index is 13.8. The first-order chi connectivity index (χ1) is 11.6. The van der Waals surface area contributed by atoms with E-state index in [2.05, 4.69) is 15.1 Å². The second kappa shape index (κ2) is 5.45. The van der Waals surface area contributed by atoms with Gasteiger partial charge < -0.3 is 13.7 Å². The van der Waals surface area contributed by atoms with Crippen LogP contribution in [0.25, 0.3) is 33.9 Å². The van der Waals surface area contributed by atoms with Crippen LogP contribution in [-0.2, 0) is 0 Å². The second-order valence-electron chi connectivity index (χ2n) is 5.19. The molecule has 2 aromatic carbocycles. The highest BCUT2D eigenvalue weighted by molar-refractivity contribution is 5.78. The maximum atomic E-state index is 13.8. The van der Waals surface area contributed by atoms with Crippen LogP contribution in [-0.4, -0.2) is 22.2 Å². The van der Waals surface area contributed by atoms with E-state index in [1.807, 2.05) is 12.1 Å². The van der Waals surface area contributed by atoms with Crippen molar-refractivity contribution in [3.63, 3.8) is 0 Å². The van der Waals surface area contributed by atoms with Crippen LogP contribution in [0, 0.1) is 12.7 Å². The Bertz CT molecular complexity index is 1040. The molecular formula is C17H12FN3O3. The van der Waals surface area contributed by atoms with Gasteiger partial charge in [0.15, 0.2) is 23.0 Å². The van der Waals surface area contributed by atoms with E-state index in [0.29, 0.717) is 28.4 Å². The lowest BCUT2D eigenvalue weighted by atomic mass is 10.2. The highest BCUT2D eigenvalue weighted by atomic mass is 19.1. The van der Waals surface area contributed by atoms with Crippen LogP contribution < -0.4 is 4.74 Å². The third kappa shape index (κ3) is 2.40. The molecule has 0 N–H and O–H groups in total. The molecular weight excluding hydrogens is 313 g/mol. The number of halogens is 1. The van der Waals surface area contributed by atoms with E-state index in [9.17, 15) is 4.39 Å². The Hall–Kier alpha value is -3.22. The fourth-order valence-electron chi connectivity index (χ4n) is 2.44. The Morgan fingerprint density at radius 2 is 1.88 bits per heavy atom. The average Bonchev–Trinajstić information content (AvgIpc) is 3.19. The zero-order valence-corrected chi connectivity index (χ0v) is 12.9. The highest BCUT2D eigenvalue weighted by Crippen LogP contribution is 2.27. The van der Waals surface area contributed by atoms with Crippen molar-refractivity contribution in [2.24, 2.45) is 0 Å². The number of benzene rings is 2. The van der Waals surface area contributed by atoms with Crippen molar-refractivity contribution >= 4 is 11.1 Å². The van der Waals surface area contributed by atoms with E-state index in [4.69, 9.17) is 13.7 Å². The summed E-state index contributed by atoms with van der Waals surface area (Å²) < 4.78 is 29.4. The van der Waals surface area contributed by atoms with E-state index in [1.165, 1.54) is 19.2 Å². The fraction of sp³-hybridized carbons (Fsp3) is 0.118. The number of ether oxygens (including phenoxy) is 1. The van der Waals surface area contributed by atoms with Gasteiger partial charge in [0.25, 0.3) is 5.89 Å².